The molecule has 0 saturated heterocycles. The van der Waals surface area contributed by atoms with Crippen LogP contribution in [0.25, 0.3) is 0 Å². The van der Waals surface area contributed by atoms with Crippen molar-refractivity contribution < 1.29 is 9.59 Å². The van der Waals surface area contributed by atoms with Crippen LogP contribution in [0.2, 0.25) is 0 Å². The summed E-state index contributed by atoms with van der Waals surface area (Å²) in [7, 11) is 0. The molecule has 172 valence electrons. The van der Waals surface area contributed by atoms with Gasteiger partial charge in [-0.25, -0.2) is 9.97 Å². The Morgan fingerprint density at radius 3 is 2.50 bits per heavy atom. The van der Waals surface area contributed by atoms with E-state index >= 15 is 0 Å². The fraction of sp³-hybridized carbons (Fsp3) is 0.520. The van der Waals surface area contributed by atoms with Crippen molar-refractivity contribution in [2.75, 3.05) is 37.6 Å². The summed E-state index contributed by atoms with van der Waals surface area (Å²) in [5.74, 6) is 1.13. The number of carbonyl (C=O) groups excluding carboxylic acids is 2. The molecule has 0 radical (unpaired) electrons. The van der Waals surface area contributed by atoms with Gasteiger partial charge in [0.2, 0.25) is 5.91 Å². The van der Waals surface area contributed by atoms with Crippen LogP contribution in [-0.4, -0.2) is 64.3 Å². The fourth-order valence-electron chi connectivity index (χ4n) is 4.30. The topological polar surface area (TPSA) is 69.6 Å². The number of fused-ring (bicyclic) bond motifs is 1. The Balaban J connectivity index is 1.99. The van der Waals surface area contributed by atoms with Gasteiger partial charge in [0.1, 0.15) is 5.82 Å². The number of hydrogen-bond acceptors (Lipinski definition) is 5. The maximum Gasteiger partial charge on any atom is 0.257 e. The molecule has 7 heteroatoms. The molecular weight excluding hydrogens is 402 g/mol. The minimum Gasteiger partial charge on any atom is -0.333 e. The van der Waals surface area contributed by atoms with E-state index in [0.29, 0.717) is 42.6 Å². The first kappa shape index (κ1) is 23.9. The highest BCUT2D eigenvalue weighted by Crippen LogP contribution is 2.24. The van der Waals surface area contributed by atoms with Crippen LogP contribution in [0.15, 0.2) is 30.5 Å². The lowest BCUT2D eigenvalue weighted by Gasteiger charge is -2.29. The number of amides is 2. The highest BCUT2D eigenvalue weighted by Gasteiger charge is 2.24. The van der Waals surface area contributed by atoms with Gasteiger partial charge in [0.15, 0.2) is 0 Å². The third-order valence-electron chi connectivity index (χ3n) is 5.81. The SMILES string of the molecule is CC(=O)N1CCCN(CC(C)C)CCN(C(=O)c2cnc(C)nc2C)Cc2ccccc21. The highest BCUT2D eigenvalue weighted by atomic mass is 16.2. The highest BCUT2D eigenvalue weighted by molar-refractivity contribution is 5.95. The van der Waals surface area contributed by atoms with Gasteiger partial charge in [0.25, 0.3) is 5.91 Å². The first-order valence-electron chi connectivity index (χ1n) is 11.4. The average Bonchev–Trinajstić information content (AvgIpc) is 2.76. The average molecular weight is 438 g/mol. The largest absolute Gasteiger partial charge is 0.333 e. The number of nitrogens with zero attached hydrogens (tertiary/aromatic N) is 5. The van der Waals surface area contributed by atoms with Crippen LogP contribution in [0.3, 0.4) is 0 Å². The normalized spacial score (nSPS) is 15.9. The molecule has 3 rings (SSSR count). The Hall–Kier alpha value is -2.80. The molecule has 32 heavy (non-hydrogen) atoms. The smallest absolute Gasteiger partial charge is 0.257 e. The van der Waals surface area contributed by atoms with E-state index in [1.807, 2.05) is 47.9 Å². The van der Waals surface area contributed by atoms with Crippen molar-refractivity contribution in [3.05, 3.63) is 53.1 Å². The molecule has 0 saturated carbocycles. The zero-order chi connectivity index (χ0) is 23.3. The van der Waals surface area contributed by atoms with Crippen LogP contribution < -0.4 is 4.90 Å². The second-order valence-electron chi connectivity index (χ2n) is 8.99. The lowest BCUT2D eigenvalue weighted by Crippen LogP contribution is -2.40. The van der Waals surface area contributed by atoms with Crippen molar-refractivity contribution in [1.82, 2.24) is 19.8 Å². The molecule has 0 spiro atoms. The summed E-state index contributed by atoms with van der Waals surface area (Å²) < 4.78 is 0. The van der Waals surface area contributed by atoms with Gasteiger partial charge in [-0.2, -0.15) is 0 Å². The van der Waals surface area contributed by atoms with Crippen LogP contribution in [0, 0.1) is 19.8 Å². The second kappa shape index (κ2) is 10.7. The number of carbonyl (C=O) groups is 2. The molecule has 0 bridgehead atoms. The number of benzene rings is 1. The van der Waals surface area contributed by atoms with Crippen LogP contribution in [0.5, 0.6) is 0 Å². The lowest BCUT2D eigenvalue weighted by atomic mass is 10.1. The van der Waals surface area contributed by atoms with Crippen LogP contribution in [0.1, 0.15) is 54.6 Å². The summed E-state index contributed by atoms with van der Waals surface area (Å²) in [6.07, 6.45) is 2.52. The van der Waals surface area contributed by atoms with E-state index in [4.69, 9.17) is 0 Å². The van der Waals surface area contributed by atoms with E-state index in [1.54, 1.807) is 13.1 Å². The minimum absolute atomic E-state index is 0.0211. The Bertz CT molecular complexity index is 959. The van der Waals surface area contributed by atoms with Crippen molar-refractivity contribution in [2.45, 2.75) is 47.6 Å². The number of aromatic nitrogens is 2. The number of aryl methyl sites for hydroxylation is 2. The Labute approximate surface area is 191 Å². The fourth-order valence-corrected chi connectivity index (χ4v) is 4.30. The molecule has 0 N–H and O–H groups in total. The maximum atomic E-state index is 13.6. The molecule has 0 aliphatic carbocycles. The van der Waals surface area contributed by atoms with Gasteiger partial charge in [-0.15, -0.1) is 0 Å². The van der Waals surface area contributed by atoms with Crippen molar-refractivity contribution in [1.29, 1.82) is 0 Å². The van der Waals surface area contributed by atoms with Crippen molar-refractivity contribution in [2.24, 2.45) is 5.92 Å². The molecule has 1 aromatic carbocycles. The third kappa shape index (κ3) is 5.91. The molecule has 2 amide bonds. The Kier molecular flexibility index (Phi) is 7.96. The van der Waals surface area contributed by atoms with E-state index < -0.39 is 0 Å². The molecule has 0 unspecified atom stereocenters. The zero-order valence-electron chi connectivity index (χ0n) is 20.0. The summed E-state index contributed by atoms with van der Waals surface area (Å²) in [5, 5.41) is 0. The first-order valence-corrected chi connectivity index (χ1v) is 11.4. The molecule has 2 heterocycles. The maximum absolute atomic E-state index is 13.6. The molecular formula is C25H35N5O2. The van der Waals surface area contributed by atoms with Crippen molar-refractivity contribution in [3.8, 4) is 0 Å². The summed E-state index contributed by atoms with van der Waals surface area (Å²) in [6.45, 7) is 14.0. The van der Waals surface area contributed by atoms with E-state index in [0.717, 1.165) is 37.3 Å². The summed E-state index contributed by atoms with van der Waals surface area (Å²) in [6, 6.07) is 7.89. The van der Waals surface area contributed by atoms with Crippen LogP contribution in [0.4, 0.5) is 5.69 Å². The summed E-state index contributed by atoms with van der Waals surface area (Å²) >= 11 is 0. The number of rotatable bonds is 3. The van der Waals surface area contributed by atoms with Gasteiger partial charge in [0.05, 0.1) is 11.3 Å². The molecule has 2 aromatic rings. The molecule has 1 aliphatic heterocycles. The Morgan fingerprint density at radius 1 is 1.06 bits per heavy atom. The van der Waals surface area contributed by atoms with Gasteiger partial charge < -0.3 is 14.7 Å². The molecule has 0 atom stereocenters. The minimum atomic E-state index is -0.0737. The van der Waals surface area contributed by atoms with Gasteiger partial charge in [0, 0.05) is 51.5 Å². The van der Waals surface area contributed by atoms with Gasteiger partial charge in [-0.3, -0.25) is 9.59 Å². The van der Waals surface area contributed by atoms with E-state index in [-0.39, 0.29) is 11.8 Å². The summed E-state index contributed by atoms with van der Waals surface area (Å²) in [4.78, 5) is 40.8. The molecule has 1 aromatic heterocycles. The standard InChI is InChI=1S/C25H35N5O2/c1-18(2)16-28-11-8-12-30(21(5)31)24-10-7-6-9-22(24)17-29(14-13-28)25(32)23-15-26-20(4)27-19(23)3/h6-7,9-10,15,18H,8,11-14,16-17H2,1-5H3. The predicted octanol–water partition coefficient (Wildman–Crippen LogP) is 3.45. The van der Waals surface area contributed by atoms with Gasteiger partial charge in [-0.05, 0) is 44.4 Å². The summed E-state index contributed by atoms with van der Waals surface area (Å²) in [5.41, 5.74) is 3.07. The monoisotopic (exact) mass is 437 g/mol. The quantitative estimate of drug-likeness (QED) is 0.736. The second-order valence-corrected chi connectivity index (χ2v) is 8.99. The zero-order valence-corrected chi connectivity index (χ0v) is 20.0. The first-order chi connectivity index (χ1) is 15.3. The number of para-hydroxylation sites is 1. The van der Waals surface area contributed by atoms with Crippen LogP contribution in [-0.2, 0) is 11.3 Å². The van der Waals surface area contributed by atoms with Crippen molar-refractivity contribution in [3.63, 3.8) is 0 Å². The number of anilines is 1. The predicted molar refractivity (Wildman–Crippen MR) is 127 cm³/mol. The molecule has 1 aliphatic rings. The molecule has 0 fully saturated rings. The third-order valence-corrected chi connectivity index (χ3v) is 5.81. The lowest BCUT2D eigenvalue weighted by molar-refractivity contribution is -0.116. The van der Waals surface area contributed by atoms with E-state index in [9.17, 15) is 9.59 Å². The number of hydrogen-bond donors (Lipinski definition) is 0. The van der Waals surface area contributed by atoms with Gasteiger partial charge in [-0.1, -0.05) is 32.0 Å². The van der Waals surface area contributed by atoms with E-state index in [2.05, 4.69) is 28.7 Å². The van der Waals surface area contributed by atoms with Crippen molar-refractivity contribution >= 4 is 17.5 Å². The Morgan fingerprint density at radius 2 is 1.81 bits per heavy atom. The van der Waals surface area contributed by atoms with Gasteiger partial charge >= 0.3 is 0 Å². The molecule has 7 nitrogen and oxygen atoms in total. The van der Waals surface area contributed by atoms with E-state index in [1.165, 1.54) is 0 Å². The van der Waals surface area contributed by atoms with Crippen LogP contribution >= 0.6 is 0 Å².